The number of halogens is 1. The number of ether oxygens (including phenoxy) is 3. The lowest BCUT2D eigenvalue weighted by atomic mass is 10.3. The van der Waals surface area contributed by atoms with Gasteiger partial charge in [-0.2, -0.15) is 0 Å². The second-order valence-electron chi connectivity index (χ2n) is 2.54. The summed E-state index contributed by atoms with van der Waals surface area (Å²) in [4.78, 5) is 0. The summed E-state index contributed by atoms with van der Waals surface area (Å²) in [7, 11) is 1.63. The third-order valence-electron chi connectivity index (χ3n) is 1.63. The quantitative estimate of drug-likeness (QED) is 0.540. The monoisotopic (exact) mass is 216 g/mol. The Labute approximate surface area is 88.5 Å². The van der Waals surface area contributed by atoms with Crippen molar-refractivity contribution in [1.82, 2.24) is 0 Å². The molecule has 0 aliphatic rings. The topological polar surface area (TPSA) is 27.7 Å². The van der Waals surface area contributed by atoms with Gasteiger partial charge in [0.2, 0.25) is 0 Å². The number of methoxy groups -OCH3 is 1. The lowest BCUT2D eigenvalue weighted by Gasteiger charge is -2.06. The Bertz CT molecular complexity index is 248. The van der Waals surface area contributed by atoms with Crippen molar-refractivity contribution in [3.63, 3.8) is 0 Å². The zero-order chi connectivity index (χ0) is 10.2. The predicted molar refractivity (Wildman–Crippen MR) is 55.2 cm³/mol. The number of hydrogen-bond acceptors (Lipinski definition) is 3. The molecule has 4 heteroatoms. The van der Waals surface area contributed by atoms with Gasteiger partial charge in [0.1, 0.15) is 24.2 Å². The Morgan fingerprint density at radius 1 is 1.07 bits per heavy atom. The lowest BCUT2D eigenvalue weighted by molar-refractivity contribution is 0.133. The van der Waals surface area contributed by atoms with Crippen LogP contribution in [0.3, 0.4) is 0 Å². The minimum atomic E-state index is 0.200. The number of benzene rings is 1. The highest BCUT2D eigenvalue weighted by Gasteiger charge is 1.94. The van der Waals surface area contributed by atoms with Crippen LogP contribution in [0, 0.1) is 0 Å². The van der Waals surface area contributed by atoms with Crippen molar-refractivity contribution in [3.8, 4) is 11.5 Å². The van der Waals surface area contributed by atoms with Gasteiger partial charge in [-0.05, 0) is 24.3 Å². The van der Waals surface area contributed by atoms with E-state index in [1.165, 1.54) is 0 Å². The van der Waals surface area contributed by atoms with Crippen molar-refractivity contribution in [2.75, 3.05) is 26.4 Å². The minimum absolute atomic E-state index is 0.200. The SMILES string of the molecule is COc1ccc(OCCOCCl)cc1. The van der Waals surface area contributed by atoms with Crippen molar-refractivity contribution in [1.29, 1.82) is 0 Å². The zero-order valence-corrected chi connectivity index (χ0v) is 8.79. The predicted octanol–water partition coefficient (Wildman–Crippen LogP) is 2.29. The second kappa shape index (κ2) is 6.51. The molecule has 0 aliphatic heterocycles. The number of hydrogen-bond donors (Lipinski definition) is 0. The molecule has 0 heterocycles. The molecule has 0 saturated carbocycles. The van der Waals surface area contributed by atoms with Gasteiger partial charge >= 0.3 is 0 Å². The molecular weight excluding hydrogens is 204 g/mol. The minimum Gasteiger partial charge on any atom is -0.497 e. The largest absolute Gasteiger partial charge is 0.497 e. The number of rotatable bonds is 6. The summed E-state index contributed by atoms with van der Waals surface area (Å²) in [6.07, 6.45) is 0. The van der Waals surface area contributed by atoms with Crippen LogP contribution in [0.2, 0.25) is 0 Å². The Kier molecular flexibility index (Phi) is 5.19. The first-order valence-corrected chi connectivity index (χ1v) is 4.81. The van der Waals surface area contributed by atoms with Gasteiger partial charge in [0.05, 0.1) is 13.7 Å². The summed E-state index contributed by atoms with van der Waals surface area (Å²) in [5.41, 5.74) is 0. The van der Waals surface area contributed by atoms with Gasteiger partial charge in [0.25, 0.3) is 0 Å². The molecule has 0 aromatic heterocycles. The normalized spacial score (nSPS) is 9.86. The highest BCUT2D eigenvalue weighted by molar-refractivity contribution is 6.17. The summed E-state index contributed by atoms with van der Waals surface area (Å²) < 4.78 is 15.3. The first-order chi connectivity index (χ1) is 6.86. The summed E-state index contributed by atoms with van der Waals surface area (Å²) >= 11 is 5.33. The summed E-state index contributed by atoms with van der Waals surface area (Å²) in [5.74, 6) is 1.61. The van der Waals surface area contributed by atoms with Crippen LogP contribution in [0.15, 0.2) is 24.3 Å². The molecule has 14 heavy (non-hydrogen) atoms. The van der Waals surface area contributed by atoms with Crippen molar-refractivity contribution in [3.05, 3.63) is 24.3 Å². The van der Waals surface area contributed by atoms with E-state index in [1.807, 2.05) is 24.3 Å². The van der Waals surface area contributed by atoms with E-state index in [0.29, 0.717) is 13.2 Å². The zero-order valence-electron chi connectivity index (χ0n) is 8.03. The molecule has 0 radical (unpaired) electrons. The van der Waals surface area contributed by atoms with Crippen molar-refractivity contribution in [2.45, 2.75) is 0 Å². The molecule has 0 bridgehead atoms. The van der Waals surface area contributed by atoms with E-state index >= 15 is 0 Å². The second-order valence-corrected chi connectivity index (χ2v) is 2.76. The van der Waals surface area contributed by atoms with E-state index in [4.69, 9.17) is 25.8 Å². The van der Waals surface area contributed by atoms with E-state index in [1.54, 1.807) is 7.11 Å². The van der Waals surface area contributed by atoms with Gasteiger partial charge in [0, 0.05) is 0 Å². The summed E-state index contributed by atoms with van der Waals surface area (Å²) in [5, 5.41) is 0. The van der Waals surface area contributed by atoms with Gasteiger partial charge in [0.15, 0.2) is 0 Å². The van der Waals surface area contributed by atoms with Crippen LogP contribution in [0.25, 0.3) is 0 Å². The highest BCUT2D eigenvalue weighted by Crippen LogP contribution is 2.16. The van der Waals surface area contributed by atoms with Gasteiger partial charge in [-0.3, -0.25) is 0 Å². The Hall–Kier alpha value is -0.930. The average molecular weight is 217 g/mol. The molecule has 1 aromatic rings. The van der Waals surface area contributed by atoms with Crippen LogP contribution >= 0.6 is 11.6 Å². The molecule has 0 saturated heterocycles. The molecular formula is C10H13ClO3. The Morgan fingerprint density at radius 3 is 2.29 bits per heavy atom. The van der Waals surface area contributed by atoms with E-state index in [2.05, 4.69) is 0 Å². The molecule has 0 amide bonds. The Balaban J connectivity index is 2.29. The van der Waals surface area contributed by atoms with Crippen LogP contribution in [-0.2, 0) is 4.74 Å². The molecule has 0 N–H and O–H groups in total. The van der Waals surface area contributed by atoms with E-state index in [-0.39, 0.29) is 6.07 Å². The van der Waals surface area contributed by atoms with E-state index in [0.717, 1.165) is 11.5 Å². The van der Waals surface area contributed by atoms with Crippen LogP contribution in [0.1, 0.15) is 0 Å². The first-order valence-electron chi connectivity index (χ1n) is 4.27. The van der Waals surface area contributed by atoms with Crippen LogP contribution in [0.5, 0.6) is 11.5 Å². The third kappa shape index (κ3) is 3.85. The third-order valence-corrected chi connectivity index (χ3v) is 1.79. The fourth-order valence-corrected chi connectivity index (χ4v) is 1.05. The summed E-state index contributed by atoms with van der Waals surface area (Å²) in [6.45, 7) is 0.995. The Morgan fingerprint density at radius 2 is 1.71 bits per heavy atom. The molecule has 1 aromatic carbocycles. The molecule has 0 atom stereocenters. The molecule has 0 fully saturated rings. The van der Waals surface area contributed by atoms with Crippen molar-refractivity contribution < 1.29 is 14.2 Å². The van der Waals surface area contributed by atoms with Crippen LogP contribution in [0.4, 0.5) is 0 Å². The molecule has 0 unspecified atom stereocenters. The number of alkyl halides is 1. The molecule has 1 rings (SSSR count). The fraction of sp³-hybridized carbons (Fsp3) is 0.400. The standard InChI is InChI=1S/C10H13ClO3/c1-12-9-2-4-10(5-3-9)14-7-6-13-8-11/h2-5H,6-8H2,1H3. The van der Waals surface area contributed by atoms with E-state index in [9.17, 15) is 0 Å². The van der Waals surface area contributed by atoms with Gasteiger partial charge in [-0.25, -0.2) is 0 Å². The average Bonchev–Trinajstić information content (AvgIpc) is 2.25. The van der Waals surface area contributed by atoms with Crippen LogP contribution in [-0.4, -0.2) is 26.4 Å². The van der Waals surface area contributed by atoms with Crippen molar-refractivity contribution >= 4 is 11.6 Å². The molecule has 78 valence electrons. The molecule has 0 aliphatic carbocycles. The van der Waals surface area contributed by atoms with E-state index < -0.39 is 0 Å². The van der Waals surface area contributed by atoms with Crippen LogP contribution < -0.4 is 9.47 Å². The molecule has 0 spiro atoms. The lowest BCUT2D eigenvalue weighted by Crippen LogP contribution is -2.05. The highest BCUT2D eigenvalue weighted by atomic mass is 35.5. The summed E-state index contributed by atoms with van der Waals surface area (Å²) in [6, 6.07) is 7.58. The first kappa shape index (κ1) is 11.1. The maximum absolute atomic E-state index is 5.37. The van der Waals surface area contributed by atoms with Gasteiger partial charge in [-0.15, -0.1) is 0 Å². The maximum atomic E-state index is 5.37. The van der Waals surface area contributed by atoms with Gasteiger partial charge < -0.3 is 14.2 Å². The smallest absolute Gasteiger partial charge is 0.121 e. The maximum Gasteiger partial charge on any atom is 0.121 e. The van der Waals surface area contributed by atoms with Gasteiger partial charge in [-0.1, -0.05) is 11.6 Å². The van der Waals surface area contributed by atoms with Crippen molar-refractivity contribution in [2.24, 2.45) is 0 Å². The molecule has 3 nitrogen and oxygen atoms in total. The fourth-order valence-electron chi connectivity index (χ4n) is 0.945.